The number of imidazole rings is 1. The fourth-order valence-corrected chi connectivity index (χ4v) is 16.1. The Morgan fingerprint density at radius 3 is 1.31 bits per heavy atom. The summed E-state index contributed by atoms with van der Waals surface area (Å²) in [6.45, 7) is -8.92. The fraction of sp³-hybridized carbons (Fsp3) is 0.600. The molecule has 9 amide bonds. The number of aliphatic hydroxyl groups is 1. The first kappa shape index (κ1) is 118. The molecule has 57 heteroatoms. The van der Waals surface area contributed by atoms with E-state index in [1.165, 1.54) is 43.3 Å². The van der Waals surface area contributed by atoms with Gasteiger partial charge in [-0.3, -0.25) is 131 Å². The van der Waals surface area contributed by atoms with Crippen LogP contribution < -0.4 is 53.2 Å². The number of likely N-dealkylation sites (N-methyl/N-ethyl adjacent to an activating group) is 2. The molecule has 137 heavy (non-hydrogen) atoms. The Morgan fingerprint density at radius 1 is 0.482 bits per heavy atom. The standard InChI is InChI=1S/C80H122N20O35S2/c1-46(2)20-55(89-74(127)54(24-62(104)105)86-25-47(3)101)75(128)91-58(73(126)82-6)43-136-137-44-59(78(131)100-29-53(102)23-60(100)48(4)81-5)92-77(130)57(22-50-26-83-45-87-50)90-76(129)56(21-49-10-8-7-9-11-49)88-61(103)30-93(14-12-84-79(132)134-41-51(98(37-69(118)119)38-70(120)121)27-94(31-63(106)107)16-18-96(33-65(110)111)34-66(112)113)15-13-85-80(133)135-42-52(99(39-71(122)123)40-72(124)125)28-95(32-64(108)109)17-19-97(35-67(114)115)36-68(116)117/h7-11,26,45-46,51-60,81,86,102H,4,12-25,27-44H2,1-3,5-6H3,(H,82,126)(H,83,87)(H,84,132)(H,85,133)(H,88,103)(H,89,127)(H,90,129)(H,91,128)(H,92,130)(H,104,105)(H,106,107)(H,108,109)(H,110,111)(H,112,113)(H,114,115)(H,116,117)(H,118,119)(H,120,121)(H,122,123)(H,124,125)/t51-,52-,53?,54+,55?,56+,57+,58+,59?,60+/m1/s1. The first-order chi connectivity index (χ1) is 64.5. The maximum Gasteiger partial charge on any atom is 0.407 e. The number of aromatic nitrogens is 2. The third-order valence-electron chi connectivity index (χ3n) is 20.0. The molecule has 1 aromatic carbocycles. The molecule has 2 aromatic rings. The van der Waals surface area contributed by atoms with Gasteiger partial charge in [0.1, 0.15) is 49.2 Å². The topological polar surface area (TPSA) is 795 Å². The molecule has 23 N–H and O–H groups in total. The number of carboxylic acids is 11. The van der Waals surface area contributed by atoms with Gasteiger partial charge in [-0.1, -0.05) is 72.3 Å². The highest BCUT2D eigenvalue weighted by Gasteiger charge is 2.42. The number of benzene rings is 1. The first-order valence-electron chi connectivity index (χ1n) is 42.4. The van der Waals surface area contributed by atoms with Gasteiger partial charge in [-0.25, -0.2) is 14.6 Å². The van der Waals surface area contributed by atoms with Gasteiger partial charge < -0.3 is 128 Å². The predicted molar refractivity (Wildman–Crippen MR) is 478 cm³/mol. The number of ether oxygens (including phenoxy) is 2. The molecule has 3 unspecified atom stereocenters. The number of carbonyl (C=O) groups is 21. The normalized spacial score (nSPS) is 14.7. The zero-order valence-corrected chi connectivity index (χ0v) is 77.5. The monoisotopic (exact) mass is 1990 g/mol. The Balaban J connectivity index is 2.17. The number of hydrogen-bond acceptors (Lipinski definition) is 36. The van der Waals surface area contributed by atoms with Gasteiger partial charge in [-0.15, -0.1) is 0 Å². The lowest BCUT2D eigenvalue weighted by atomic mass is 10.0. The highest BCUT2D eigenvalue weighted by Crippen LogP contribution is 2.28. The Kier molecular flexibility index (Phi) is 54.0. The average Bonchev–Trinajstić information content (AvgIpc) is 1.68. The van der Waals surface area contributed by atoms with E-state index in [1.54, 1.807) is 44.2 Å². The third-order valence-corrected chi connectivity index (χ3v) is 22.4. The summed E-state index contributed by atoms with van der Waals surface area (Å²) >= 11 is 0. The van der Waals surface area contributed by atoms with Crippen LogP contribution in [0.4, 0.5) is 9.59 Å². The van der Waals surface area contributed by atoms with Crippen molar-refractivity contribution in [3.05, 3.63) is 66.4 Å². The van der Waals surface area contributed by atoms with Crippen molar-refractivity contribution in [3.63, 3.8) is 0 Å². The van der Waals surface area contributed by atoms with Gasteiger partial charge >= 0.3 is 77.8 Å². The number of aromatic amines is 1. The zero-order chi connectivity index (χ0) is 103. The Labute approximate surface area is 792 Å². The Morgan fingerprint density at radius 2 is 0.891 bits per heavy atom. The molecular weight excluding hydrogens is 1870 g/mol. The van der Waals surface area contributed by atoms with Crippen molar-refractivity contribution in [2.45, 2.75) is 113 Å². The van der Waals surface area contributed by atoms with Crippen molar-refractivity contribution in [2.24, 2.45) is 5.92 Å². The summed E-state index contributed by atoms with van der Waals surface area (Å²) in [4.78, 5) is 287. The molecular formula is C80H122N20O35S2. The maximum atomic E-state index is 15.2. The summed E-state index contributed by atoms with van der Waals surface area (Å²) in [5.41, 5.74) is 0.857. The number of amides is 9. The van der Waals surface area contributed by atoms with E-state index in [1.807, 2.05) is 0 Å². The Hall–Kier alpha value is -13.0. The van der Waals surface area contributed by atoms with E-state index in [-0.39, 0.29) is 55.5 Å². The number of rotatable bonds is 73. The number of Topliss-reactive ketones (excluding diaryl/α,β-unsaturated/α-hetero) is 1. The van der Waals surface area contributed by atoms with Gasteiger partial charge in [0, 0.05) is 129 Å². The quantitative estimate of drug-likeness (QED) is 0.0216. The largest absolute Gasteiger partial charge is 0.481 e. The van der Waals surface area contributed by atoms with Gasteiger partial charge in [-0.05, 0) is 24.8 Å². The van der Waals surface area contributed by atoms with Crippen LogP contribution in [0.25, 0.3) is 0 Å². The predicted octanol–water partition coefficient (Wildman–Crippen LogP) is -8.34. The van der Waals surface area contributed by atoms with Crippen LogP contribution in [0.2, 0.25) is 0 Å². The molecule has 55 nitrogen and oxygen atoms in total. The molecule has 1 aliphatic heterocycles. The van der Waals surface area contributed by atoms with Gasteiger partial charge in [0.05, 0.1) is 127 Å². The van der Waals surface area contributed by atoms with Crippen molar-refractivity contribution in [1.82, 2.24) is 102 Å². The van der Waals surface area contributed by atoms with Crippen LogP contribution in [0.5, 0.6) is 0 Å². The Bertz CT molecular complexity index is 4230. The zero-order valence-electron chi connectivity index (χ0n) is 75.8. The van der Waals surface area contributed by atoms with Gasteiger partial charge in [0.2, 0.25) is 41.4 Å². The number of aliphatic hydroxyl groups excluding tert-OH is 1. The van der Waals surface area contributed by atoms with Crippen molar-refractivity contribution in [1.29, 1.82) is 0 Å². The number of hydrogen-bond donors (Lipinski definition) is 23. The third kappa shape index (κ3) is 49.9. The number of carbonyl (C=O) groups excluding carboxylic acids is 10. The summed E-state index contributed by atoms with van der Waals surface area (Å²) < 4.78 is 10.9. The lowest BCUT2D eigenvalue weighted by Crippen LogP contribution is -2.59. The number of alkyl carbamates (subject to hydrolysis) is 2. The number of ketones is 1. The van der Waals surface area contributed by atoms with Gasteiger partial charge in [-0.2, -0.15) is 0 Å². The molecule has 1 fully saturated rings. The van der Waals surface area contributed by atoms with E-state index in [9.17, 15) is 148 Å². The highest BCUT2D eigenvalue weighted by molar-refractivity contribution is 8.76. The lowest BCUT2D eigenvalue weighted by molar-refractivity contribution is -0.146. The summed E-state index contributed by atoms with van der Waals surface area (Å²) in [7, 11) is 4.66. The second-order valence-electron chi connectivity index (χ2n) is 31.8. The van der Waals surface area contributed by atoms with Crippen LogP contribution in [0.3, 0.4) is 0 Å². The number of aliphatic carboxylic acids is 11. The summed E-state index contributed by atoms with van der Waals surface area (Å²) in [5, 5.41) is 143. The van der Waals surface area contributed by atoms with E-state index in [4.69, 9.17) is 9.47 Å². The summed E-state index contributed by atoms with van der Waals surface area (Å²) in [5.74, 6) is -24.4. The SMILES string of the molecule is C=C(NC)[C@@H]1CC(O)CN1C(=O)C(CSSC[C@H](NC(=O)C(CC(C)C)NC(=O)[C@H](CC(=O)O)NCC(C)=O)C(=O)NC)NC(=O)[C@H](Cc1c[nH]cn1)NC(=O)[C@H](Cc1ccccc1)NC(=O)CN(CCNC(=O)OC[C@@H](CN(CCN(CC(=O)O)CC(=O)O)CC(=O)O)N(CC(=O)O)CC(=O)O)CCNC(=O)OC[C@@H](CN(CCN(CC(=O)O)CC(=O)O)CC(=O)O)N(CC(=O)O)CC(=O)O. The molecule has 0 bridgehead atoms. The molecule has 0 saturated carbocycles. The maximum absolute atomic E-state index is 15.2. The van der Waals surface area contributed by atoms with Crippen molar-refractivity contribution < 1.29 is 171 Å². The summed E-state index contributed by atoms with van der Waals surface area (Å²) in [6, 6.07) is -5.00. The molecule has 0 aliphatic carbocycles. The summed E-state index contributed by atoms with van der Waals surface area (Å²) in [6.07, 6.45) is -2.68. The fourth-order valence-electron chi connectivity index (χ4n) is 13.8. The van der Waals surface area contributed by atoms with E-state index < -0.39 is 349 Å². The van der Waals surface area contributed by atoms with Crippen LogP contribution in [-0.4, -0.2) is 485 Å². The lowest BCUT2D eigenvalue weighted by Gasteiger charge is -2.33. The first-order valence-corrected chi connectivity index (χ1v) is 44.9. The minimum absolute atomic E-state index is 0.00274. The van der Waals surface area contributed by atoms with Crippen molar-refractivity contribution in [2.75, 3.05) is 189 Å². The smallest absolute Gasteiger partial charge is 0.407 e. The molecule has 1 aliphatic rings. The number of nitrogens with one attached hydrogen (secondary N) is 11. The minimum Gasteiger partial charge on any atom is -0.481 e. The van der Waals surface area contributed by atoms with E-state index in [0.717, 1.165) is 51.0 Å². The second kappa shape index (κ2) is 62.6. The highest BCUT2D eigenvalue weighted by atomic mass is 33.1. The molecule has 1 aromatic heterocycles. The number of H-pyrrole nitrogens is 1. The van der Waals surface area contributed by atoms with E-state index in [2.05, 4.69) is 69.7 Å². The minimum atomic E-state index is -1.70. The van der Waals surface area contributed by atoms with Crippen LogP contribution in [0.1, 0.15) is 51.3 Å². The molecule has 10 atom stereocenters. The molecule has 0 radical (unpaired) electrons. The van der Waals surface area contributed by atoms with E-state index in [0.29, 0.717) is 11.3 Å². The number of likely N-dealkylation sites (tertiary alicyclic amines) is 1. The van der Waals surface area contributed by atoms with Crippen LogP contribution >= 0.6 is 21.6 Å². The molecule has 0 spiro atoms. The average molecular weight is 1990 g/mol. The second-order valence-corrected chi connectivity index (χ2v) is 34.4. The van der Waals surface area contributed by atoms with Crippen LogP contribution in [0, 0.1) is 5.92 Å². The van der Waals surface area contributed by atoms with Crippen molar-refractivity contribution >= 4 is 147 Å². The molecule has 3 rings (SSSR count). The van der Waals surface area contributed by atoms with Crippen LogP contribution in [-0.2, 0) is 113 Å². The van der Waals surface area contributed by atoms with Gasteiger partial charge in [0.25, 0.3) is 0 Å². The molecule has 2 heterocycles. The molecule has 764 valence electrons. The van der Waals surface area contributed by atoms with Gasteiger partial charge in [0.15, 0.2) is 0 Å². The number of β-amino-alcohol motifs (C(OH)–C–C–N with tert-alkyl or cyclic N) is 1. The van der Waals surface area contributed by atoms with E-state index >= 15 is 14.4 Å². The molecule has 1 saturated heterocycles. The van der Waals surface area contributed by atoms with Crippen LogP contribution in [0.15, 0.2) is 55.1 Å². The number of nitrogens with zero attached hydrogens (tertiary/aromatic N) is 9. The number of carboxylic acid groups (broad SMARTS) is 11. The van der Waals surface area contributed by atoms with Crippen molar-refractivity contribution in [3.8, 4) is 0 Å².